The van der Waals surface area contributed by atoms with Gasteiger partial charge >= 0.3 is 0 Å². The summed E-state index contributed by atoms with van der Waals surface area (Å²) in [6, 6.07) is 1.87. The van der Waals surface area contributed by atoms with E-state index < -0.39 is 0 Å². The standard InChI is InChI=1S/C16H27N3O/c1-4-20-15-11-13(3)18-16(19-15)17-10-9-14-7-5-12(2)6-8-14/h11-12,14H,4-10H2,1-3H3,(H,17,18,19). The molecule has 112 valence electrons. The highest BCUT2D eigenvalue weighted by atomic mass is 16.5. The van der Waals surface area contributed by atoms with E-state index in [9.17, 15) is 0 Å². The summed E-state index contributed by atoms with van der Waals surface area (Å²) in [5, 5.41) is 3.34. The third-order valence-corrected chi connectivity index (χ3v) is 4.09. The zero-order chi connectivity index (χ0) is 14.4. The highest BCUT2D eigenvalue weighted by molar-refractivity contribution is 5.30. The number of nitrogens with zero attached hydrogens (tertiary/aromatic N) is 2. The SMILES string of the molecule is CCOc1cc(C)nc(NCCC2CCC(C)CC2)n1. The minimum atomic E-state index is 0.635. The third kappa shape index (κ3) is 4.66. The predicted octanol–water partition coefficient (Wildman–Crippen LogP) is 3.81. The molecule has 1 saturated carbocycles. The molecule has 0 aliphatic heterocycles. The van der Waals surface area contributed by atoms with Crippen molar-refractivity contribution in [1.82, 2.24) is 9.97 Å². The number of ether oxygens (including phenoxy) is 1. The van der Waals surface area contributed by atoms with Crippen molar-refractivity contribution >= 4 is 5.95 Å². The van der Waals surface area contributed by atoms with Gasteiger partial charge in [-0.1, -0.05) is 32.6 Å². The second-order valence-electron chi connectivity index (χ2n) is 5.95. The van der Waals surface area contributed by atoms with Crippen LogP contribution in [0.4, 0.5) is 5.95 Å². The van der Waals surface area contributed by atoms with Gasteiger partial charge < -0.3 is 10.1 Å². The minimum Gasteiger partial charge on any atom is -0.478 e. The van der Waals surface area contributed by atoms with Crippen molar-refractivity contribution in [2.45, 2.75) is 52.9 Å². The van der Waals surface area contributed by atoms with Gasteiger partial charge in [-0.3, -0.25) is 0 Å². The molecule has 0 bridgehead atoms. The van der Waals surface area contributed by atoms with E-state index in [1.54, 1.807) is 0 Å². The van der Waals surface area contributed by atoms with E-state index in [2.05, 4.69) is 22.2 Å². The van der Waals surface area contributed by atoms with Crippen LogP contribution >= 0.6 is 0 Å². The number of aromatic nitrogens is 2. The van der Waals surface area contributed by atoms with Crippen LogP contribution < -0.4 is 10.1 Å². The molecule has 0 aromatic carbocycles. The van der Waals surface area contributed by atoms with Crippen molar-refractivity contribution in [3.8, 4) is 5.88 Å². The zero-order valence-electron chi connectivity index (χ0n) is 13.0. The van der Waals surface area contributed by atoms with E-state index in [1.165, 1.54) is 32.1 Å². The summed E-state index contributed by atoms with van der Waals surface area (Å²) in [6.45, 7) is 7.89. The Morgan fingerprint density at radius 3 is 2.70 bits per heavy atom. The van der Waals surface area contributed by atoms with E-state index in [-0.39, 0.29) is 0 Å². The number of aryl methyl sites for hydroxylation is 1. The molecule has 1 aromatic rings. The molecule has 1 fully saturated rings. The maximum atomic E-state index is 5.44. The van der Waals surface area contributed by atoms with Gasteiger partial charge in [-0.05, 0) is 32.1 Å². The van der Waals surface area contributed by atoms with Gasteiger partial charge in [-0.2, -0.15) is 4.98 Å². The van der Waals surface area contributed by atoms with Crippen LogP contribution in [0.3, 0.4) is 0 Å². The van der Waals surface area contributed by atoms with Gasteiger partial charge in [0.1, 0.15) is 0 Å². The van der Waals surface area contributed by atoms with E-state index in [4.69, 9.17) is 4.74 Å². The Labute approximate surface area is 122 Å². The summed E-state index contributed by atoms with van der Waals surface area (Å²) in [6.07, 6.45) is 6.75. The topological polar surface area (TPSA) is 47.0 Å². The fraction of sp³-hybridized carbons (Fsp3) is 0.750. The summed E-state index contributed by atoms with van der Waals surface area (Å²) in [7, 11) is 0. The smallest absolute Gasteiger partial charge is 0.226 e. The van der Waals surface area contributed by atoms with Crippen molar-refractivity contribution in [1.29, 1.82) is 0 Å². The minimum absolute atomic E-state index is 0.635. The maximum Gasteiger partial charge on any atom is 0.226 e. The van der Waals surface area contributed by atoms with Gasteiger partial charge in [-0.25, -0.2) is 4.98 Å². The Kier molecular flexibility index (Phi) is 5.62. The van der Waals surface area contributed by atoms with Gasteiger partial charge in [-0.15, -0.1) is 0 Å². The molecule has 4 nitrogen and oxygen atoms in total. The number of nitrogens with one attached hydrogen (secondary N) is 1. The molecule has 1 aliphatic carbocycles. The molecule has 4 heteroatoms. The van der Waals surface area contributed by atoms with Crippen LogP contribution in [0.25, 0.3) is 0 Å². The van der Waals surface area contributed by atoms with Gasteiger partial charge in [0, 0.05) is 18.3 Å². The van der Waals surface area contributed by atoms with Crippen LogP contribution in [0, 0.1) is 18.8 Å². The van der Waals surface area contributed by atoms with Crippen molar-refractivity contribution in [3.63, 3.8) is 0 Å². The number of hydrogen-bond acceptors (Lipinski definition) is 4. The number of rotatable bonds is 6. The Balaban J connectivity index is 1.78. The monoisotopic (exact) mass is 277 g/mol. The van der Waals surface area contributed by atoms with Crippen molar-refractivity contribution in [3.05, 3.63) is 11.8 Å². The predicted molar refractivity (Wildman–Crippen MR) is 82.2 cm³/mol. The molecule has 1 N–H and O–H groups in total. The molecule has 0 saturated heterocycles. The first-order valence-corrected chi connectivity index (χ1v) is 7.89. The van der Waals surface area contributed by atoms with Crippen LogP contribution in [0.15, 0.2) is 6.07 Å². The van der Waals surface area contributed by atoms with E-state index in [1.807, 2.05) is 19.9 Å². The molecule has 0 spiro atoms. The quantitative estimate of drug-likeness (QED) is 0.859. The van der Waals surface area contributed by atoms with Crippen LogP contribution in [-0.2, 0) is 0 Å². The molecule has 0 amide bonds. The molecule has 0 radical (unpaired) electrons. The maximum absolute atomic E-state index is 5.44. The summed E-state index contributed by atoms with van der Waals surface area (Å²) in [4.78, 5) is 8.78. The lowest BCUT2D eigenvalue weighted by molar-refractivity contribution is 0.281. The lowest BCUT2D eigenvalue weighted by Crippen LogP contribution is -2.16. The van der Waals surface area contributed by atoms with E-state index >= 15 is 0 Å². The molecule has 0 unspecified atom stereocenters. The Bertz CT molecular complexity index is 414. The number of hydrogen-bond donors (Lipinski definition) is 1. The largest absolute Gasteiger partial charge is 0.478 e. The average Bonchev–Trinajstić information content (AvgIpc) is 2.41. The molecule has 1 heterocycles. The molecular weight excluding hydrogens is 250 g/mol. The second kappa shape index (κ2) is 7.46. The molecule has 2 rings (SSSR count). The van der Waals surface area contributed by atoms with Crippen LogP contribution in [0.5, 0.6) is 5.88 Å². The number of anilines is 1. The Morgan fingerprint density at radius 2 is 2.00 bits per heavy atom. The van der Waals surface area contributed by atoms with Crippen LogP contribution in [-0.4, -0.2) is 23.1 Å². The fourth-order valence-electron chi connectivity index (χ4n) is 2.85. The highest BCUT2D eigenvalue weighted by Gasteiger charge is 2.17. The van der Waals surface area contributed by atoms with Gasteiger partial charge in [0.15, 0.2) is 0 Å². The van der Waals surface area contributed by atoms with Gasteiger partial charge in [0.05, 0.1) is 6.61 Å². The molecule has 1 aromatic heterocycles. The Hall–Kier alpha value is -1.32. The lowest BCUT2D eigenvalue weighted by Gasteiger charge is -2.26. The van der Waals surface area contributed by atoms with Gasteiger partial charge in [0.2, 0.25) is 11.8 Å². The lowest BCUT2D eigenvalue weighted by atomic mass is 9.81. The van der Waals surface area contributed by atoms with Crippen LogP contribution in [0.1, 0.15) is 51.6 Å². The van der Waals surface area contributed by atoms with E-state index in [0.717, 1.165) is 24.1 Å². The van der Waals surface area contributed by atoms with Crippen LogP contribution in [0.2, 0.25) is 0 Å². The first kappa shape index (κ1) is 15.1. The van der Waals surface area contributed by atoms with Crippen molar-refractivity contribution in [2.75, 3.05) is 18.5 Å². The normalized spacial score (nSPS) is 22.6. The summed E-state index contributed by atoms with van der Waals surface area (Å²) in [5.74, 6) is 3.15. The third-order valence-electron chi connectivity index (χ3n) is 4.09. The summed E-state index contributed by atoms with van der Waals surface area (Å²) < 4.78 is 5.44. The average molecular weight is 277 g/mol. The first-order chi connectivity index (χ1) is 9.67. The summed E-state index contributed by atoms with van der Waals surface area (Å²) >= 11 is 0. The molecule has 1 aliphatic rings. The summed E-state index contributed by atoms with van der Waals surface area (Å²) in [5.41, 5.74) is 0.942. The highest BCUT2D eigenvalue weighted by Crippen LogP contribution is 2.30. The fourth-order valence-corrected chi connectivity index (χ4v) is 2.85. The van der Waals surface area contributed by atoms with Crippen molar-refractivity contribution < 1.29 is 4.74 Å². The molecule has 0 atom stereocenters. The van der Waals surface area contributed by atoms with E-state index in [0.29, 0.717) is 18.4 Å². The van der Waals surface area contributed by atoms with Crippen molar-refractivity contribution in [2.24, 2.45) is 11.8 Å². The second-order valence-corrected chi connectivity index (χ2v) is 5.95. The Morgan fingerprint density at radius 1 is 1.25 bits per heavy atom. The molecular formula is C16H27N3O. The van der Waals surface area contributed by atoms with Gasteiger partial charge in [0.25, 0.3) is 0 Å². The zero-order valence-corrected chi connectivity index (χ0v) is 13.0. The first-order valence-electron chi connectivity index (χ1n) is 7.89. The molecule has 20 heavy (non-hydrogen) atoms.